The third-order valence-electron chi connectivity index (χ3n) is 9.71. The van der Waals surface area contributed by atoms with Crippen LogP contribution in [0.5, 0.6) is 5.75 Å². The lowest BCUT2D eigenvalue weighted by Crippen LogP contribution is -2.74. The van der Waals surface area contributed by atoms with E-state index >= 15 is 0 Å². The van der Waals surface area contributed by atoms with Crippen LogP contribution in [0, 0.1) is 5.92 Å². The molecule has 0 aliphatic carbocycles. The van der Waals surface area contributed by atoms with Gasteiger partial charge in [0.05, 0.1) is 11.5 Å². The Morgan fingerprint density at radius 2 is 1.79 bits per heavy atom. The summed E-state index contributed by atoms with van der Waals surface area (Å²) in [6.07, 6.45) is 3.66. The first-order valence-electron chi connectivity index (χ1n) is 18.4. The molecule has 4 heterocycles. The number of hydrogen-bond acceptors (Lipinski definition) is 12. The van der Waals surface area contributed by atoms with Crippen molar-refractivity contribution in [2.75, 3.05) is 44.0 Å². The standard InChI is InChI=1S/C41H42N8O6S2.H2O/c1-48(2)21-18-27(26-55-30-10-4-3-5-11-30)23-29-16-17-31(24-36(29)46-52)57(53,54)47-39(51)34-13-7-15-37(43-34)49-22-19-28-9-6-12-32(33(28)25-49)38(50)45-41-44-35-14-8-20-42-40(35)56-41;/h3-17,20,24,27,46,52H,18-19,21-23,25-26H2,1-2H3,(H,47,51)(H,44,45,50);1H2/p+1/t27-;/m0./s1. The van der Waals surface area contributed by atoms with E-state index in [0.717, 1.165) is 45.7 Å². The van der Waals surface area contributed by atoms with Gasteiger partial charge in [-0.05, 0) is 105 Å². The fourth-order valence-electron chi connectivity index (χ4n) is 6.71. The lowest BCUT2D eigenvalue weighted by Gasteiger charge is -2.31. The SMILES string of the molecule is CN(C)CC[C@H](COc1ccccc1)Cc1ccc(S(=O)(=O)NC(=O)c2cccc(N3CCc4cccc(C(=O)Nc5nc6cccnc6s5)c4C3)n2)cc1[NH2+]O.O. The number of thiazole rings is 1. The zero-order chi connectivity index (χ0) is 39.9. The molecule has 0 fully saturated rings. The summed E-state index contributed by atoms with van der Waals surface area (Å²) in [6, 6.07) is 28.0. The van der Waals surface area contributed by atoms with Crippen LogP contribution in [0.15, 0.2) is 108 Å². The number of quaternary nitrogens is 1. The summed E-state index contributed by atoms with van der Waals surface area (Å²) in [4.78, 5) is 44.8. The van der Waals surface area contributed by atoms with E-state index < -0.39 is 15.9 Å². The van der Waals surface area contributed by atoms with Crippen molar-refractivity contribution in [2.45, 2.75) is 30.7 Å². The van der Waals surface area contributed by atoms with E-state index in [4.69, 9.17) is 4.74 Å². The van der Waals surface area contributed by atoms with Gasteiger partial charge in [-0.15, -0.1) is 0 Å². The van der Waals surface area contributed by atoms with E-state index in [9.17, 15) is 23.2 Å². The van der Waals surface area contributed by atoms with Crippen molar-refractivity contribution in [3.05, 3.63) is 131 Å². The predicted octanol–water partition coefficient (Wildman–Crippen LogP) is 3.97. The van der Waals surface area contributed by atoms with Gasteiger partial charge >= 0.3 is 0 Å². The topological polar surface area (TPSA) is 215 Å². The number of sulfonamides is 1. The number of carbonyl (C=O) groups excluding carboxylic acids is 2. The van der Waals surface area contributed by atoms with Gasteiger partial charge in [0, 0.05) is 36.5 Å². The van der Waals surface area contributed by atoms with Gasteiger partial charge in [0.1, 0.15) is 27.6 Å². The zero-order valence-electron chi connectivity index (χ0n) is 32.0. The average molecular weight is 826 g/mol. The number of hydrogen-bond donors (Lipinski definition) is 4. The molecule has 6 aromatic rings. The number of para-hydroxylation sites is 1. The monoisotopic (exact) mass is 825 g/mol. The van der Waals surface area contributed by atoms with Crippen LogP contribution in [0.1, 0.15) is 44.0 Å². The summed E-state index contributed by atoms with van der Waals surface area (Å²) < 4.78 is 35.2. The molecule has 1 aliphatic heterocycles. The summed E-state index contributed by atoms with van der Waals surface area (Å²) in [5.41, 5.74) is 4.92. The number of carbonyl (C=O) groups is 2. The molecule has 3 aromatic heterocycles. The van der Waals surface area contributed by atoms with Gasteiger partial charge < -0.3 is 20.0 Å². The number of amides is 2. The number of anilines is 2. The Hall–Kier alpha value is -5.82. The lowest BCUT2D eigenvalue weighted by atomic mass is 9.94. The highest BCUT2D eigenvalue weighted by Crippen LogP contribution is 2.29. The molecule has 3 aromatic carbocycles. The van der Waals surface area contributed by atoms with E-state index in [1.165, 1.54) is 29.5 Å². The van der Waals surface area contributed by atoms with Crippen LogP contribution >= 0.6 is 11.3 Å². The van der Waals surface area contributed by atoms with Gasteiger partial charge in [-0.2, -0.15) is 5.48 Å². The van der Waals surface area contributed by atoms with Gasteiger partial charge in [-0.3, -0.25) is 14.9 Å². The van der Waals surface area contributed by atoms with Gasteiger partial charge in [0.25, 0.3) is 21.8 Å². The predicted molar refractivity (Wildman–Crippen MR) is 221 cm³/mol. The van der Waals surface area contributed by atoms with Crippen LogP contribution in [0.3, 0.4) is 0 Å². The number of nitrogens with zero attached hydrogens (tertiary/aromatic N) is 5. The average Bonchev–Trinajstić information content (AvgIpc) is 3.64. The fourth-order valence-corrected chi connectivity index (χ4v) is 8.51. The largest absolute Gasteiger partial charge is 0.493 e. The Labute approximate surface area is 340 Å². The highest BCUT2D eigenvalue weighted by Gasteiger charge is 2.26. The van der Waals surface area contributed by atoms with E-state index in [0.29, 0.717) is 60.3 Å². The maximum Gasteiger partial charge on any atom is 0.283 e. The van der Waals surface area contributed by atoms with Gasteiger partial charge in [0.2, 0.25) is 0 Å². The molecule has 0 bridgehead atoms. The van der Waals surface area contributed by atoms with Crippen LogP contribution in [0.4, 0.5) is 16.6 Å². The molecule has 0 saturated heterocycles. The van der Waals surface area contributed by atoms with Crippen molar-refractivity contribution < 1.29 is 38.9 Å². The molecule has 0 radical (unpaired) electrons. The minimum absolute atomic E-state index is 0. The Bertz CT molecular complexity index is 2470. The quantitative estimate of drug-likeness (QED) is 0.0859. The number of pyridine rings is 2. The Morgan fingerprint density at radius 1 is 0.983 bits per heavy atom. The maximum absolute atomic E-state index is 13.5. The smallest absolute Gasteiger partial charge is 0.283 e. The molecule has 0 spiro atoms. The molecule has 0 unspecified atom stereocenters. The Morgan fingerprint density at radius 3 is 2.57 bits per heavy atom. The van der Waals surface area contributed by atoms with Crippen molar-refractivity contribution >= 4 is 60.2 Å². The summed E-state index contributed by atoms with van der Waals surface area (Å²) in [5.74, 6) is 0.0925. The second kappa shape index (κ2) is 18.6. The number of fused-ring (bicyclic) bond motifs is 2. The molecular formula is C41H45N8O7S2+. The van der Waals surface area contributed by atoms with Crippen molar-refractivity contribution in [2.24, 2.45) is 5.92 Å². The number of nitrogens with two attached hydrogens (primary N) is 1. The number of benzene rings is 3. The molecule has 7 rings (SSSR count). The molecule has 1 atom stereocenters. The number of rotatable bonds is 15. The van der Waals surface area contributed by atoms with Gasteiger partial charge in [0.15, 0.2) is 10.8 Å². The van der Waals surface area contributed by atoms with Crippen LogP contribution in [0.25, 0.3) is 10.3 Å². The van der Waals surface area contributed by atoms with Crippen LogP contribution in [-0.2, 0) is 29.4 Å². The molecule has 17 heteroatoms. The highest BCUT2D eigenvalue weighted by molar-refractivity contribution is 7.90. The molecular weight excluding hydrogens is 781 g/mol. The zero-order valence-corrected chi connectivity index (χ0v) is 33.6. The molecule has 302 valence electrons. The van der Waals surface area contributed by atoms with Gasteiger partial charge in [-0.1, -0.05) is 53.8 Å². The number of nitrogens with one attached hydrogen (secondary N) is 2. The molecule has 7 N–H and O–H groups in total. The van der Waals surface area contributed by atoms with Crippen LogP contribution in [0.2, 0.25) is 0 Å². The van der Waals surface area contributed by atoms with Gasteiger partial charge in [-0.25, -0.2) is 33.3 Å². The summed E-state index contributed by atoms with van der Waals surface area (Å²) in [6.45, 7) is 2.17. The second-order valence-corrected chi connectivity index (χ2v) is 16.7. The number of aromatic nitrogens is 3. The van der Waals surface area contributed by atoms with Crippen molar-refractivity contribution in [3.63, 3.8) is 0 Å². The summed E-state index contributed by atoms with van der Waals surface area (Å²) in [7, 11) is -0.354. The molecule has 1 aliphatic rings. The van der Waals surface area contributed by atoms with Crippen molar-refractivity contribution in [1.82, 2.24) is 24.6 Å². The van der Waals surface area contributed by atoms with Crippen molar-refractivity contribution in [1.29, 1.82) is 0 Å². The first-order valence-corrected chi connectivity index (χ1v) is 20.7. The molecule has 15 nitrogen and oxygen atoms in total. The van der Waals surface area contributed by atoms with E-state index in [-0.39, 0.29) is 27.9 Å². The number of ether oxygens (including phenoxy) is 1. The second-order valence-electron chi connectivity index (χ2n) is 14.0. The summed E-state index contributed by atoms with van der Waals surface area (Å²) in [5, 5.41) is 13.5. The Balaban J connectivity index is 0.00000567. The molecule has 58 heavy (non-hydrogen) atoms. The highest BCUT2D eigenvalue weighted by atomic mass is 32.2. The van der Waals surface area contributed by atoms with E-state index in [2.05, 4.69) is 29.9 Å². The van der Waals surface area contributed by atoms with Crippen molar-refractivity contribution in [3.8, 4) is 5.75 Å². The van der Waals surface area contributed by atoms with Crippen LogP contribution < -0.4 is 25.2 Å². The summed E-state index contributed by atoms with van der Waals surface area (Å²) >= 11 is 1.30. The van der Waals surface area contributed by atoms with E-state index in [1.54, 1.807) is 36.5 Å². The Kier molecular flexibility index (Phi) is 13.4. The minimum atomic E-state index is -4.35. The normalized spacial score (nSPS) is 13.1. The first-order chi connectivity index (χ1) is 27.6. The van der Waals surface area contributed by atoms with E-state index in [1.807, 2.05) is 67.5 Å². The third kappa shape index (κ3) is 10.00. The molecule has 2 amide bonds. The molecule has 0 saturated carbocycles. The first kappa shape index (κ1) is 41.8. The maximum atomic E-state index is 13.5. The lowest BCUT2D eigenvalue weighted by molar-refractivity contribution is -0.826. The third-order valence-corrected chi connectivity index (χ3v) is 11.9. The van der Waals surface area contributed by atoms with Crippen LogP contribution in [-0.4, -0.2) is 84.6 Å². The fraction of sp³-hybridized carbons (Fsp3) is 0.244. The minimum Gasteiger partial charge on any atom is -0.493 e.